The fraction of sp³-hybridized carbons (Fsp3) is 0.286. The van der Waals surface area contributed by atoms with Crippen LogP contribution in [0.25, 0.3) is 0 Å². The Morgan fingerprint density at radius 1 is 1.45 bits per heavy atom. The molecule has 0 aliphatic rings. The van der Waals surface area contributed by atoms with E-state index in [0.29, 0.717) is 17.0 Å². The Kier molecular flexibility index (Phi) is 3.94. The van der Waals surface area contributed by atoms with Gasteiger partial charge in [0.05, 0.1) is 23.9 Å². The number of carbonyl (C=O) groups is 1. The van der Waals surface area contributed by atoms with Crippen LogP contribution in [0.5, 0.6) is 5.75 Å². The van der Waals surface area contributed by atoms with Crippen LogP contribution in [-0.4, -0.2) is 18.0 Å². The molecule has 6 heteroatoms. The first kappa shape index (κ1) is 14.3. The summed E-state index contributed by atoms with van der Waals surface area (Å²) in [6.45, 7) is 3.81. The summed E-state index contributed by atoms with van der Waals surface area (Å²) in [5.74, 6) is 0.147. The zero-order valence-electron chi connectivity index (χ0n) is 11.6. The van der Waals surface area contributed by atoms with Gasteiger partial charge in [-0.15, -0.1) is 11.3 Å². The molecular weight excluding hydrogens is 274 g/mol. The highest BCUT2D eigenvalue weighted by atomic mass is 32.1. The van der Waals surface area contributed by atoms with Crippen LogP contribution in [-0.2, 0) is 5.54 Å². The van der Waals surface area contributed by atoms with Gasteiger partial charge in [-0.1, -0.05) is 6.07 Å². The summed E-state index contributed by atoms with van der Waals surface area (Å²) >= 11 is 1.50. The zero-order chi connectivity index (χ0) is 14.8. The van der Waals surface area contributed by atoms with Crippen LogP contribution in [0.15, 0.2) is 29.8 Å². The summed E-state index contributed by atoms with van der Waals surface area (Å²) in [7, 11) is 1.49. The number of hydrogen-bond acceptors (Lipinski definition) is 5. The summed E-state index contributed by atoms with van der Waals surface area (Å²) < 4.78 is 5.20. The molecule has 0 aliphatic heterocycles. The molecule has 5 nitrogen and oxygen atoms in total. The average Bonchev–Trinajstić information content (AvgIpc) is 2.92. The number of nitrogens with two attached hydrogens (primary N) is 1. The summed E-state index contributed by atoms with van der Waals surface area (Å²) in [6, 6.07) is 5.10. The second kappa shape index (κ2) is 5.50. The van der Waals surface area contributed by atoms with Crippen LogP contribution < -0.4 is 15.8 Å². The van der Waals surface area contributed by atoms with Gasteiger partial charge in [-0.3, -0.25) is 4.79 Å². The minimum absolute atomic E-state index is 0.241. The average molecular weight is 291 g/mol. The lowest BCUT2D eigenvalue weighted by Gasteiger charge is -2.24. The van der Waals surface area contributed by atoms with Gasteiger partial charge in [0.25, 0.3) is 5.91 Å². The molecule has 0 saturated carbocycles. The van der Waals surface area contributed by atoms with Crippen molar-refractivity contribution in [1.29, 1.82) is 0 Å². The second-order valence-corrected chi connectivity index (χ2v) is 5.74. The van der Waals surface area contributed by atoms with Crippen molar-refractivity contribution in [2.24, 2.45) is 0 Å². The highest BCUT2D eigenvalue weighted by Gasteiger charge is 2.27. The number of nitrogens with one attached hydrogen (secondary N) is 1. The third-order valence-electron chi connectivity index (χ3n) is 2.89. The number of thiazole rings is 1. The number of amides is 1. The first-order chi connectivity index (χ1) is 9.45. The van der Waals surface area contributed by atoms with E-state index in [-0.39, 0.29) is 5.91 Å². The summed E-state index contributed by atoms with van der Waals surface area (Å²) in [4.78, 5) is 16.7. The number of anilines is 1. The van der Waals surface area contributed by atoms with E-state index in [9.17, 15) is 4.79 Å². The number of hydrogen-bond donors (Lipinski definition) is 2. The molecule has 1 aromatic carbocycles. The Morgan fingerprint density at radius 2 is 2.20 bits per heavy atom. The molecule has 2 aromatic rings. The zero-order valence-corrected chi connectivity index (χ0v) is 12.5. The van der Waals surface area contributed by atoms with Crippen molar-refractivity contribution in [2.45, 2.75) is 19.4 Å². The van der Waals surface area contributed by atoms with Gasteiger partial charge in [-0.25, -0.2) is 4.98 Å². The summed E-state index contributed by atoms with van der Waals surface area (Å²) in [6.07, 6.45) is 1.72. The molecule has 106 valence electrons. The Balaban J connectivity index is 2.27. The number of aromatic nitrogens is 1. The van der Waals surface area contributed by atoms with Crippen LogP contribution in [0.3, 0.4) is 0 Å². The predicted octanol–water partition coefficient (Wildman–Crippen LogP) is 2.40. The Morgan fingerprint density at radius 3 is 2.80 bits per heavy atom. The number of nitrogen functional groups attached to an aromatic ring is 1. The molecular formula is C14H17N3O2S. The fourth-order valence-electron chi connectivity index (χ4n) is 1.90. The fourth-order valence-corrected chi connectivity index (χ4v) is 2.62. The Hall–Kier alpha value is -2.08. The van der Waals surface area contributed by atoms with Gasteiger partial charge < -0.3 is 15.8 Å². The van der Waals surface area contributed by atoms with Gasteiger partial charge in [-0.2, -0.15) is 0 Å². The number of ether oxygens (including phenoxy) is 1. The van der Waals surface area contributed by atoms with Crippen molar-refractivity contribution in [2.75, 3.05) is 12.8 Å². The van der Waals surface area contributed by atoms with Gasteiger partial charge >= 0.3 is 0 Å². The third-order valence-corrected chi connectivity index (χ3v) is 3.98. The minimum atomic E-state index is -0.555. The number of para-hydroxylation sites is 1. The molecule has 20 heavy (non-hydrogen) atoms. The summed E-state index contributed by atoms with van der Waals surface area (Å²) in [5.41, 5.74) is 6.11. The monoisotopic (exact) mass is 291 g/mol. The van der Waals surface area contributed by atoms with Crippen molar-refractivity contribution in [3.63, 3.8) is 0 Å². The van der Waals surface area contributed by atoms with E-state index in [0.717, 1.165) is 5.01 Å². The van der Waals surface area contributed by atoms with E-state index < -0.39 is 5.54 Å². The van der Waals surface area contributed by atoms with Crippen molar-refractivity contribution >= 4 is 22.9 Å². The lowest BCUT2D eigenvalue weighted by atomic mass is 10.0. The van der Waals surface area contributed by atoms with Gasteiger partial charge in [0.15, 0.2) is 5.75 Å². The van der Waals surface area contributed by atoms with Crippen molar-refractivity contribution in [3.8, 4) is 5.75 Å². The molecule has 2 rings (SSSR count). The molecule has 1 amide bonds. The van der Waals surface area contributed by atoms with E-state index >= 15 is 0 Å². The van der Waals surface area contributed by atoms with E-state index in [2.05, 4.69) is 10.3 Å². The number of benzene rings is 1. The smallest absolute Gasteiger partial charge is 0.255 e. The topological polar surface area (TPSA) is 77.2 Å². The van der Waals surface area contributed by atoms with Crippen LogP contribution in [0.1, 0.15) is 29.2 Å². The molecule has 0 saturated heterocycles. The molecule has 1 heterocycles. The van der Waals surface area contributed by atoms with Gasteiger partial charge in [-0.05, 0) is 26.0 Å². The quantitative estimate of drug-likeness (QED) is 0.848. The van der Waals surface area contributed by atoms with Crippen molar-refractivity contribution < 1.29 is 9.53 Å². The van der Waals surface area contributed by atoms with Gasteiger partial charge in [0.2, 0.25) is 0 Å². The molecule has 1 aromatic heterocycles. The lowest BCUT2D eigenvalue weighted by molar-refractivity contribution is 0.0909. The Bertz CT molecular complexity index is 609. The molecule has 0 atom stereocenters. The number of nitrogens with zero attached hydrogens (tertiary/aromatic N) is 1. The van der Waals surface area contributed by atoms with Crippen LogP contribution >= 0.6 is 11.3 Å². The first-order valence-electron chi connectivity index (χ1n) is 6.10. The minimum Gasteiger partial charge on any atom is -0.494 e. The molecule has 0 fully saturated rings. The van der Waals surface area contributed by atoms with Crippen molar-refractivity contribution in [3.05, 3.63) is 40.3 Å². The van der Waals surface area contributed by atoms with Crippen LogP contribution in [0.2, 0.25) is 0 Å². The van der Waals surface area contributed by atoms with E-state index in [4.69, 9.17) is 10.5 Å². The lowest BCUT2D eigenvalue weighted by Crippen LogP contribution is -2.41. The maximum Gasteiger partial charge on any atom is 0.255 e. The first-order valence-corrected chi connectivity index (χ1v) is 6.98. The predicted molar refractivity (Wildman–Crippen MR) is 80.0 cm³/mol. The molecule has 0 bridgehead atoms. The molecule has 0 unspecified atom stereocenters. The summed E-state index contributed by atoms with van der Waals surface area (Å²) in [5, 5.41) is 5.67. The number of carbonyl (C=O) groups excluding carboxylic acids is 1. The molecule has 0 aliphatic carbocycles. The van der Waals surface area contributed by atoms with Gasteiger partial charge in [0.1, 0.15) is 5.01 Å². The molecule has 0 spiro atoms. The maximum absolute atomic E-state index is 12.4. The third kappa shape index (κ3) is 2.75. The molecule has 0 radical (unpaired) electrons. The largest absolute Gasteiger partial charge is 0.494 e. The van der Waals surface area contributed by atoms with E-state index in [1.165, 1.54) is 18.4 Å². The standard InChI is InChI=1S/C14H17N3O2S/c1-14(2,13-16-7-8-20-13)17-12(18)9-5-4-6-10(15)11(9)19-3/h4-8H,15H2,1-3H3,(H,17,18). The molecule has 3 N–H and O–H groups in total. The second-order valence-electron chi connectivity index (χ2n) is 4.84. The number of rotatable bonds is 4. The van der Waals surface area contributed by atoms with E-state index in [1.54, 1.807) is 24.4 Å². The van der Waals surface area contributed by atoms with Crippen molar-refractivity contribution in [1.82, 2.24) is 10.3 Å². The number of methoxy groups -OCH3 is 1. The normalized spacial score (nSPS) is 11.2. The maximum atomic E-state index is 12.4. The van der Waals surface area contributed by atoms with Crippen LogP contribution in [0.4, 0.5) is 5.69 Å². The highest BCUT2D eigenvalue weighted by molar-refractivity contribution is 7.09. The SMILES string of the molecule is COc1c(N)cccc1C(=O)NC(C)(C)c1nccs1. The van der Waals surface area contributed by atoms with Crippen LogP contribution in [0, 0.1) is 0 Å². The van der Waals surface area contributed by atoms with Gasteiger partial charge in [0, 0.05) is 11.6 Å². The Labute approximate surface area is 121 Å². The van der Waals surface area contributed by atoms with E-state index in [1.807, 2.05) is 19.2 Å². The highest BCUT2D eigenvalue weighted by Crippen LogP contribution is 2.28.